The lowest BCUT2D eigenvalue weighted by atomic mass is 10.0. The Morgan fingerprint density at radius 2 is 2.09 bits per heavy atom. The van der Waals surface area contributed by atoms with E-state index in [1.807, 2.05) is 11.9 Å². The Morgan fingerprint density at radius 3 is 2.72 bits per heavy atom. The van der Waals surface area contributed by atoms with Crippen LogP contribution in [0, 0.1) is 0 Å². The fourth-order valence-corrected chi connectivity index (χ4v) is 4.55. The average Bonchev–Trinajstić information content (AvgIpc) is 3.27. The van der Waals surface area contributed by atoms with Crippen molar-refractivity contribution in [2.45, 2.75) is 50.6 Å². The Hall–Kier alpha value is -2.88. The first kappa shape index (κ1) is 21.0. The molecule has 1 N–H and O–H groups in total. The smallest absolute Gasteiger partial charge is 0.304 e. The maximum Gasteiger partial charge on any atom is 0.304 e. The number of aromatic nitrogens is 3. The molecule has 2 fully saturated rings. The van der Waals surface area contributed by atoms with Gasteiger partial charge in [-0.25, -0.2) is 9.97 Å². The molecule has 1 spiro atoms. The first-order valence-corrected chi connectivity index (χ1v) is 10.8. The molecule has 1 atom stereocenters. The van der Waals surface area contributed by atoms with Crippen LogP contribution < -0.4 is 15.0 Å². The lowest BCUT2D eigenvalue weighted by Crippen LogP contribution is -2.25. The van der Waals surface area contributed by atoms with E-state index in [2.05, 4.69) is 25.2 Å². The summed E-state index contributed by atoms with van der Waals surface area (Å²) >= 11 is 0. The summed E-state index contributed by atoms with van der Waals surface area (Å²) in [6.07, 6.45) is 4.48. The monoisotopic (exact) mass is 444 g/mol. The van der Waals surface area contributed by atoms with Crippen LogP contribution in [0.15, 0.2) is 18.3 Å². The predicted molar refractivity (Wildman–Crippen MR) is 115 cm³/mol. The van der Waals surface area contributed by atoms with Gasteiger partial charge in [-0.3, -0.25) is 4.79 Å². The van der Waals surface area contributed by atoms with Gasteiger partial charge in [-0.15, -0.1) is 0 Å². The molecule has 4 heterocycles. The van der Waals surface area contributed by atoms with Gasteiger partial charge in [0.2, 0.25) is 17.6 Å². The summed E-state index contributed by atoms with van der Waals surface area (Å²) in [5.41, 5.74) is 1.82. The molecular formula is C22H26F2N6O2. The minimum atomic E-state index is -3.21. The van der Waals surface area contributed by atoms with Crippen molar-refractivity contribution in [2.75, 3.05) is 36.9 Å². The number of alkyl halides is 2. The van der Waals surface area contributed by atoms with Gasteiger partial charge in [-0.2, -0.15) is 13.8 Å². The first-order chi connectivity index (χ1) is 15.1. The van der Waals surface area contributed by atoms with Crippen LogP contribution in [0.3, 0.4) is 0 Å². The zero-order chi connectivity index (χ0) is 22.7. The van der Waals surface area contributed by atoms with Gasteiger partial charge >= 0.3 is 5.92 Å². The molecule has 0 radical (unpaired) electrons. The van der Waals surface area contributed by atoms with Crippen molar-refractivity contribution >= 4 is 23.2 Å². The molecule has 2 aromatic heterocycles. The number of amides is 1. The Balaban J connectivity index is 1.54. The zero-order valence-corrected chi connectivity index (χ0v) is 18.4. The summed E-state index contributed by atoms with van der Waals surface area (Å²) < 4.78 is 34.6. The molecule has 1 amide bonds. The van der Waals surface area contributed by atoms with Crippen LogP contribution in [-0.2, 0) is 16.1 Å². The van der Waals surface area contributed by atoms with Crippen molar-refractivity contribution in [2.24, 2.45) is 0 Å². The van der Waals surface area contributed by atoms with Crippen LogP contribution in [-0.4, -0.2) is 58.5 Å². The fourth-order valence-electron chi connectivity index (χ4n) is 4.55. The second-order valence-electron chi connectivity index (χ2n) is 9.20. The highest BCUT2D eigenvalue weighted by Crippen LogP contribution is 2.58. The molecule has 0 bridgehead atoms. The minimum absolute atomic E-state index is 0.0495. The van der Waals surface area contributed by atoms with E-state index in [1.54, 1.807) is 18.3 Å². The predicted octanol–water partition coefficient (Wildman–Crippen LogP) is 3.21. The van der Waals surface area contributed by atoms with Gasteiger partial charge in [0.1, 0.15) is 17.7 Å². The van der Waals surface area contributed by atoms with Gasteiger partial charge in [0.25, 0.3) is 0 Å². The highest BCUT2D eigenvalue weighted by atomic mass is 19.3. The van der Waals surface area contributed by atoms with Crippen molar-refractivity contribution in [3.63, 3.8) is 0 Å². The Morgan fingerprint density at radius 1 is 1.31 bits per heavy atom. The van der Waals surface area contributed by atoms with Crippen LogP contribution in [0.5, 0.6) is 5.88 Å². The van der Waals surface area contributed by atoms with E-state index in [4.69, 9.17) is 4.74 Å². The van der Waals surface area contributed by atoms with Crippen LogP contribution in [0.4, 0.5) is 26.1 Å². The van der Waals surface area contributed by atoms with E-state index in [-0.39, 0.29) is 23.3 Å². The lowest BCUT2D eigenvalue weighted by molar-refractivity contribution is -0.114. The summed E-state index contributed by atoms with van der Waals surface area (Å²) in [5, 5.41) is 2.69. The van der Waals surface area contributed by atoms with Crippen molar-refractivity contribution in [1.82, 2.24) is 19.9 Å². The standard InChI is InChI=1S/C22H26F2N6O2/c1-13(31)26-17-8-16-15(10-25-17)22(5-6-22)12-30(16)18-9-19(28-20(27-18)21(2,23)24)32-14-4-7-29(3)11-14/h8-10,14H,4-7,11-12H2,1-3H3,(H,25,26,31)/t14-/m1/s1. The molecule has 1 aliphatic carbocycles. The molecule has 0 aromatic carbocycles. The van der Waals surface area contributed by atoms with Crippen molar-refractivity contribution in [1.29, 1.82) is 0 Å². The first-order valence-electron chi connectivity index (χ1n) is 10.8. The van der Waals surface area contributed by atoms with Crippen LogP contribution in [0.25, 0.3) is 0 Å². The second kappa shape index (κ2) is 7.33. The number of carbonyl (C=O) groups excluding carboxylic acids is 1. The van der Waals surface area contributed by atoms with E-state index in [0.717, 1.165) is 50.5 Å². The number of nitrogens with zero attached hydrogens (tertiary/aromatic N) is 5. The quantitative estimate of drug-likeness (QED) is 0.758. The molecule has 1 saturated heterocycles. The molecule has 8 nitrogen and oxygen atoms in total. The molecule has 32 heavy (non-hydrogen) atoms. The molecular weight excluding hydrogens is 418 g/mol. The topological polar surface area (TPSA) is 83.5 Å². The number of rotatable bonds is 5. The van der Waals surface area contributed by atoms with Crippen molar-refractivity contribution in [3.8, 4) is 5.88 Å². The molecule has 2 aromatic rings. The van der Waals surface area contributed by atoms with E-state index in [1.165, 1.54) is 6.92 Å². The van der Waals surface area contributed by atoms with Gasteiger partial charge in [0.15, 0.2) is 0 Å². The van der Waals surface area contributed by atoms with Gasteiger partial charge in [-0.1, -0.05) is 0 Å². The minimum Gasteiger partial charge on any atom is -0.473 e. The Bertz CT molecular complexity index is 1070. The SMILES string of the molecule is CC(=O)Nc1cc2c(cn1)C1(CC1)CN2c1cc(O[C@@H]2CCN(C)C2)nc(C(C)(F)F)n1. The Labute approximate surface area is 185 Å². The van der Waals surface area contributed by atoms with Gasteiger partial charge < -0.3 is 19.9 Å². The molecule has 1 saturated carbocycles. The lowest BCUT2D eigenvalue weighted by Gasteiger charge is -2.22. The molecule has 5 rings (SSSR count). The number of carbonyl (C=O) groups is 1. The number of hydrogen-bond donors (Lipinski definition) is 1. The van der Waals surface area contributed by atoms with E-state index in [0.29, 0.717) is 18.2 Å². The average molecular weight is 444 g/mol. The summed E-state index contributed by atoms with van der Waals surface area (Å²) in [4.78, 5) is 28.2. The van der Waals surface area contributed by atoms with E-state index in [9.17, 15) is 13.6 Å². The second-order valence-corrected chi connectivity index (χ2v) is 9.20. The number of halogens is 2. The number of ether oxygens (including phenoxy) is 1. The third kappa shape index (κ3) is 3.87. The van der Waals surface area contributed by atoms with Gasteiger partial charge in [0, 0.05) is 62.8 Å². The van der Waals surface area contributed by atoms with Crippen LogP contribution in [0.2, 0.25) is 0 Å². The number of nitrogens with one attached hydrogen (secondary N) is 1. The van der Waals surface area contributed by atoms with Crippen molar-refractivity contribution in [3.05, 3.63) is 29.7 Å². The van der Waals surface area contributed by atoms with Gasteiger partial charge in [0.05, 0.1) is 5.69 Å². The maximum absolute atomic E-state index is 14.3. The molecule has 0 unspecified atom stereocenters. The highest BCUT2D eigenvalue weighted by molar-refractivity contribution is 5.89. The van der Waals surface area contributed by atoms with Crippen molar-refractivity contribution < 1.29 is 18.3 Å². The number of hydrogen-bond acceptors (Lipinski definition) is 7. The van der Waals surface area contributed by atoms with Crippen LogP contribution in [0.1, 0.15) is 44.5 Å². The number of likely N-dealkylation sites (N-methyl/N-ethyl adjacent to an activating group) is 1. The highest BCUT2D eigenvalue weighted by Gasteiger charge is 2.53. The van der Waals surface area contributed by atoms with E-state index < -0.39 is 11.7 Å². The number of pyridine rings is 1. The van der Waals surface area contributed by atoms with Crippen LogP contribution >= 0.6 is 0 Å². The largest absolute Gasteiger partial charge is 0.473 e. The number of fused-ring (bicyclic) bond motifs is 2. The third-order valence-corrected chi connectivity index (χ3v) is 6.36. The number of likely N-dealkylation sites (tertiary alicyclic amines) is 1. The molecule has 2 aliphatic heterocycles. The summed E-state index contributed by atoms with van der Waals surface area (Å²) in [7, 11) is 2.00. The normalized spacial score (nSPS) is 21.7. The fraction of sp³-hybridized carbons (Fsp3) is 0.545. The summed E-state index contributed by atoms with van der Waals surface area (Å²) in [6, 6.07) is 3.42. The zero-order valence-electron chi connectivity index (χ0n) is 18.4. The van der Waals surface area contributed by atoms with Gasteiger partial charge in [-0.05, 0) is 26.3 Å². The summed E-state index contributed by atoms with van der Waals surface area (Å²) in [6.45, 7) is 4.43. The third-order valence-electron chi connectivity index (χ3n) is 6.36. The Kier molecular flexibility index (Phi) is 4.81. The summed E-state index contributed by atoms with van der Waals surface area (Å²) in [5.74, 6) is -3.07. The van der Waals surface area contributed by atoms with E-state index >= 15 is 0 Å². The molecule has 10 heteroatoms. The molecule has 170 valence electrons. The maximum atomic E-state index is 14.3. The number of anilines is 3. The molecule has 3 aliphatic rings.